The summed E-state index contributed by atoms with van der Waals surface area (Å²) in [6, 6.07) is 23.4. The lowest BCUT2D eigenvalue weighted by molar-refractivity contribution is -0.121. The van der Waals surface area contributed by atoms with E-state index in [1.54, 1.807) is 22.9 Å². The molecular formula is C35H40FN5O2. The van der Waals surface area contributed by atoms with Crippen LogP contribution >= 0.6 is 0 Å². The number of hydrogen-bond donors (Lipinski definition) is 3. The topological polar surface area (TPSA) is 88.1 Å². The van der Waals surface area contributed by atoms with E-state index in [9.17, 15) is 14.0 Å². The van der Waals surface area contributed by atoms with E-state index >= 15 is 0 Å². The number of hydrogen-bond acceptors (Lipinski definition) is 4. The van der Waals surface area contributed by atoms with Crippen LogP contribution in [0.3, 0.4) is 0 Å². The van der Waals surface area contributed by atoms with E-state index in [2.05, 4.69) is 36.7 Å². The van der Waals surface area contributed by atoms with Crippen molar-refractivity contribution < 1.29 is 14.0 Å². The van der Waals surface area contributed by atoms with Crippen molar-refractivity contribution >= 4 is 23.3 Å². The van der Waals surface area contributed by atoms with E-state index in [0.717, 1.165) is 48.4 Å². The number of anilines is 2. The number of carbonyl (C=O) groups excluding carboxylic acids is 2. The van der Waals surface area contributed by atoms with Crippen LogP contribution < -0.4 is 16.0 Å². The number of nitrogens with one attached hydrogen (secondary N) is 3. The molecule has 5 rings (SSSR count). The molecule has 2 amide bonds. The van der Waals surface area contributed by atoms with Crippen molar-refractivity contribution in [3.63, 3.8) is 0 Å². The minimum atomic E-state index is -0.396. The van der Waals surface area contributed by atoms with Crippen molar-refractivity contribution in [2.45, 2.75) is 58.3 Å². The van der Waals surface area contributed by atoms with Crippen LogP contribution in [-0.4, -0.2) is 34.7 Å². The average Bonchev–Trinajstić information content (AvgIpc) is 3.40. The molecule has 0 radical (unpaired) electrons. The number of rotatable bonds is 8. The number of piperidine rings is 1. The summed E-state index contributed by atoms with van der Waals surface area (Å²) in [5, 5.41) is 14.0. The number of urea groups is 1. The summed E-state index contributed by atoms with van der Waals surface area (Å²) in [4.78, 5) is 26.7. The Bertz CT molecular complexity index is 1570. The van der Waals surface area contributed by atoms with Gasteiger partial charge in [-0.2, -0.15) is 5.10 Å². The van der Waals surface area contributed by atoms with Crippen LogP contribution in [0.25, 0.3) is 5.69 Å². The number of aromatic nitrogens is 2. The largest absolute Gasteiger partial charge is 0.324 e. The Kier molecular flexibility index (Phi) is 9.06. The highest BCUT2D eigenvalue weighted by atomic mass is 19.1. The summed E-state index contributed by atoms with van der Waals surface area (Å²) in [6.07, 6.45) is 1.80. The minimum Gasteiger partial charge on any atom is -0.317 e. The van der Waals surface area contributed by atoms with Crippen molar-refractivity contribution in [1.82, 2.24) is 15.1 Å². The SMILES string of the molecule is Cc1ccc(-n2nc(C(C)(C)C)cc2NC(=O)Nc2ccc(C(C(=O)Cc3ccccc3F)C3CCNCC3)cc2)cc1. The van der Waals surface area contributed by atoms with Gasteiger partial charge in [0.1, 0.15) is 17.4 Å². The number of nitrogens with zero attached hydrogens (tertiary/aromatic N) is 2. The monoisotopic (exact) mass is 581 g/mol. The van der Waals surface area contributed by atoms with Crippen LogP contribution in [0.1, 0.15) is 61.9 Å². The van der Waals surface area contributed by atoms with E-state index in [4.69, 9.17) is 5.10 Å². The molecule has 1 unspecified atom stereocenters. The predicted octanol–water partition coefficient (Wildman–Crippen LogP) is 7.16. The Morgan fingerprint density at radius 3 is 2.30 bits per heavy atom. The van der Waals surface area contributed by atoms with Gasteiger partial charge in [0.25, 0.3) is 0 Å². The number of carbonyl (C=O) groups is 2. The van der Waals surface area contributed by atoms with Gasteiger partial charge in [-0.05, 0) is 80.2 Å². The van der Waals surface area contributed by atoms with Crippen molar-refractivity contribution in [3.05, 3.63) is 107 Å². The Balaban J connectivity index is 1.33. The van der Waals surface area contributed by atoms with Gasteiger partial charge in [0.15, 0.2) is 0 Å². The normalized spacial score (nSPS) is 14.7. The molecule has 8 heteroatoms. The van der Waals surface area contributed by atoms with Gasteiger partial charge in [-0.25, -0.2) is 13.9 Å². The van der Waals surface area contributed by atoms with Crippen LogP contribution in [-0.2, 0) is 16.6 Å². The number of ketones is 1. The van der Waals surface area contributed by atoms with Gasteiger partial charge in [0.2, 0.25) is 0 Å². The molecule has 1 aliphatic heterocycles. The van der Waals surface area contributed by atoms with Gasteiger partial charge in [-0.3, -0.25) is 10.1 Å². The molecule has 224 valence electrons. The summed E-state index contributed by atoms with van der Waals surface area (Å²) in [7, 11) is 0. The Morgan fingerprint density at radius 1 is 0.977 bits per heavy atom. The molecule has 1 aliphatic rings. The second-order valence-corrected chi connectivity index (χ2v) is 12.4. The lowest BCUT2D eigenvalue weighted by atomic mass is 9.76. The smallest absolute Gasteiger partial charge is 0.317 e. The predicted molar refractivity (Wildman–Crippen MR) is 170 cm³/mol. The molecule has 1 aromatic heterocycles. The summed E-state index contributed by atoms with van der Waals surface area (Å²) in [6.45, 7) is 9.97. The first-order valence-corrected chi connectivity index (χ1v) is 14.9. The number of halogens is 1. The van der Waals surface area contributed by atoms with Gasteiger partial charge in [-0.1, -0.05) is 68.8 Å². The fourth-order valence-corrected chi connectivity index (χ4v) is 5.61. The molecule has 4 aromatic rings. The van der Waals surface area contributed by atoms with Crippen molar-refractivity contribution in [2.24, 2.45) is 5.92 Å². The van der Waals surface area contributed by atoms with Crippen molar-refractivity contribution in [1.29, 1.82) is 0 Å². The zero-order chi connectivity index (χ0) is 30.6. The quantitative estimate of drug-likeness (QED) is 0.206. The number of Topliss-reactive ketones (excluding diaryl/α,β-unsaturated/α-hetero) is 1. The Morgan fingerprint density at radius 2 is 1.65 bits per heavy atom. The standard InChI is InChI=1S/C35H40FN5O2/c1-23-9-15-28(16-10-23)41-32(22-31(40-41)35(2,3)4)39-34(43)38-27-13-11-24(12-14-27)33(25-17-19-37-20-18-25)30(42)21-26-7-5-6-8-29(26)36/h5-16,22,25,33,37H,17-21H2,1-4H3,(H2,38,39,43). The number of aryl methyl sites for hydroxylation is 1. The first-order chi connectivity index (χ1) is 20.6. The van der Waals surface area contributed by atoms with Crippen molar-refractivity contribution in [2.75, 3.05) is 23.7 Å². The van der Waals surface area contributed by atoms with Crippen molar-refractivity contribution in [3.8, 4) is 5.69 Å². The second-order valence-electron chi connectivity index (χ2n) is 12.4. The van der Waals surface area contributed by atoms with E-state index < -0.39 is 6.03 Å². The molecule has 3 aromatic carbocycles. The maximum Gasteiger partial charge on any atom is 0.324 e. The minimum absolute atomic E-state index is 0.00877. The van der Waals surface area contributed by atoms with Crippen LogP contribution in [0.15, 0.2) is 78.9 Å². The van der Waals surface area contributed by atoms with Gasteiger partial charge in [0.05, 0.1) is 11.4 Å². The number of benzene rings is 3. The Hall–Kier alpha value is -4.30. The van der Waals surface area contributed by atoms with E-state index in [1.807, 2.05) is 61.5 Å². The molecule has 1 atom stereocenters. The summed E-state index contributed by atoms with van der Waals surface area (Å²) in [5.41, 5.74) is 4.55. The fraction of sp³-hybridized carbons (Fsp3) is 0.343. The number of amides is 2. The summed E-state index contributed by atoms with van der Waals surface area (Å²) < 4.78 is 16.1. The molecule has 1 saturated heterocycles. The Labute approximate surface area is 252 Å². The molecule has 0 saturated carbocycles. The first kappa shape index (κ1) is 30.2. The highest BCUT2D eigenvalue weighted by molar-refractivity contribution is 5.99. The van der Waals surface area contributed by atoms with E-state index in [0.29, 0.717) is 17.1 Å². The first-order valence-electron chi connectivity index (χ1n) is 14.9. The fourth-order valence-electron chi connectivity index (χ4n) is 5.61. The van der Waals surface area contributed by atoms with E-state index in [1.165, 1.54) is 6.07 Å². The summed E-state index contributed by atoms with van der Waals surface area (Å²) in [5.74, 6) is 0.0388. The maximum atomic E-state index is 14.4. The molecule has 1 fully saturated rings. The highest BCUT2D eigenvalue weighted by Crippen LogP contribution is 2.34. The zero-order valence-corrected chi connectivity index (χ0v) is 25.3. The molecule has 2 heterocycles. The third-order valence-electron chi connectivity index (χ3n) is 8.05. The van der Waals surface area contributed by atoms with E-state index in [-0.39, 0.29) is 35.3 Å². The van der Waals surface area contributed by atoms with Crippen LogP contribution in [0.5, 0.6) is 0 Å². The molecule has 0 spiro atoms. The lowest BCUT2D eigenvalue weighted by Crippen LogP contribution is -2.34. The van der Waals surface area contributed by atoms with Gasteiger partial charge < -0.3 is 10.6 Å². The third-order valence-corrected chi connectivity index (χ3v) is 8.05. The molecule has 0 bridgehead atoms. The highest BCUT2D eigenvalue weighted by Gasteiger charge is 2.31. The average molecular weight is 582 g/mol. The maximum absolute atomic E-state index is 14.4. The van der Waals surface area contributed by atoms with Crippen LogP contribution in [0, 0.1) is 18.7 Å². The lowest BCUT2D eigenvalue weighted by Gasteiger charge is -2.30. The molecule has 3 N–H and O–H groups in total. The molecular weight excluding hydrogens is 541 g/mol. The van der Waals surface area contributed by atoms with Crippen LogP contribution in [0.4, 0.5) is 20.7 Å². The molecule has 7 nitrogen and oxygen atoms in total. The van der Waals surface area contributed by atoms with Gasteiger partial charge in [-0.15, -0.1) is 0 Å². The molecule has 0 aliphatic carbocycles. The molecule has 43 heavy (non-hydrogen) atoms. The zero-order valence-electron chi connectivity index (χ0n) is 25.3. The van der Waals surface area contributed by atoms with Gasteiger partial charge in [0, 0.05) is 29.5 Å². The van der Waals surface area contributed by atoms with Crippen LogP contribution in [0.2, 0.25) is 0 Å². The second kappa shape index (κ2) is 12.9. The van der Waals surface area contributed by atoms with Gasteiger partial charge >= 0.3 is 6.03 Å². The third kappa shape index (κ3) is 7.38. The summed E-state index contributed by atoms with van der Waals surface area (Å²) >= 11 is 0.